The van der Waals surface area contributed by atoms with Crippen LogP contribution in [0.1, 0.15) is 25.7 Å². The summed E-state index contributed by atoms with van der Waals surface area (Å²) >= 11 is 2.92. The fourth-order valence-electron chi connectivity index (χ4n) is 2.98. The molecule has 0 spiro atoms. The van der Waals surface area contributed by atoms with E-state index in [1.807, 2.05) is 24.4 Å². The third kappa shape index (κ3) is 4.65. The van der Waals surface area contributed by atoms with Crippen LogP contribution in [0, 0.1) is 6.92 Å². The Morgan fingerprint density at radius 2 is 1.81 bits per heavy atom. The minimum Gasteiger partial charge on any atom is -0.497 e. The number of nitrogens with one attached hydrogen (secondary N) is 2. The molecule has 0 saturated carbocycles. The van der Waals surface area contributed by atoms with Crippen molar-refractivity contribution in [2.45, 2.75) is 6.92 Å². The molecule has 0 aliphatic carbocycles. The first-order valence-corrected chi connectivity index (χ1v) is 11.1. The average molecular weight is 450 g/mol. The van der Waals surface area contributed by atoms with Crippen molar-refractivity contribution in [2.24, 2.45) is 0 Å². The number of rotatable bonds is 6. The number of hydrogen-bond acceptors (Lipinski definition) is 6. The number of amides is 2. The van der Waals surface area contributed by atoms with E-state index < -0.39 is 0 Å². The Kier molecular flexibility index (Phi) is 6.11. The number of methoxy groups -OCH3 is 1. The summed E-state index contributed by atoms with van der Waals surface area (Å²) in [6, 6.07) is 17.9. The second-order valence-corrected chi connectivity index (χ2v) is 8.54. The highest BCUT2D eigenvalue weighted by Gasteiger charge is 2.19. The monoisotopic (exact) mass is 449 g/mol. The number of para-hydroxylation sites is 1. The Morgan fingerprint density at radius 1 is 0.968 bits per heavy atom. The molecule has 6 nitrogen and oxygen atoms in total. The van der Waals surface area contributed by atoms with Gasteiger partial charge in [-0.1, -0.05) is 24.3 Å². The topological polar surface area (TPSA) is 80.3 Å². The van der Waals surface area contributed by atoms with Crippen LogP contribution in [-0.2, 0) is 0 Å². The first kappa shape index (κ1) is 20.8. The number of aryl methyl sites for hydroxylation is 1. The molecule has 0 aliphatic rings. The smallest absolute Gasteiger partial charge is 0.267 e. The first-order valence-electron chi connectivity index (χ1n) is 9.42. The summed E-state index contributed by atoms with van der Waals surface area (Å²) in [5.74, 6) is 0.0190. The van der Waals surface area contributed by atoms with E-state index in [-0.39, 0.29) is 11.8 Å². The van der Waals surface area contributed by atoms with Crippen LogP contribution < -0.4 is 15.4 Å². The molecule has 156 valence electrons. The lowest BCUT2D eigenvalue weighted by atomic mass is 10.1. The lowest BCUT2D eigenvalue weighted by Crippen LogP contribution is -2.18. The summed E-state index contributed by atoms with van der Waals surface area (Å²) in [5.41, 5.74) is 2.05. The Balaban J connectivity index is 1.55. The molecule has 0 radical (unpaired) electrons. The number of benzene rings is 2. The Bertz CT molecular complexity index is 1230. The number of carbonyl (C=O) groups excluding carboxylic acids is 2. The zero-order valence-electron chi connectivity index (χ0n) is 16.8. The number of aromatic nitrogens is 1. The van der Waals surface area contributed by atoms with Crippen LogP contribution in [0.15, 0.2) is 66.0 Å². The molecule has 8 heteroatoms. The maximum Gasteiger partial charge on any atom is 0.267 e. The van der Waals surface area contributed by atoms with Gasteiger partial charge in [0.1, 0.15) is 15.6 Å². The number of carbonyl (C=O) groups is 2. The predicted molar refractivity (Wildman–Crippen MR) is 126 cm³/mol. The SMILES string of the molecule is COc1cccc(NC(=O)c2ccccc2NC(=O)c2sc(-c3cccs3)nc2C)c1. The minimum atomic E-state index is -0.329. The van der Waals surface area contributed by atoms with Crippen LogP contribution in [0.3, 0.4) is 0 Å². The van der Waals surface area contributed by atoms with Crippen LogP contribution in [0.5, 0.6) is 5.75 Å². The molecular formula is C23H19N3O3S2. The molecule has 0 bridgehead atoms. The summed E-state index contributed by atoms with van der Waals surface area (Å²) in [6.45, 7) is 1.81. The van der Waals surface area contributed by atoms with Gasteiger partial charge in [0.25, 0.3) is 11.8 Å². The van der Waals surface area contributed by atoms with Crippen molar-refractivity contribution < 1.29 is 14.3 Å². The van der Waals surface area contributed by atoms with E-state index in [0.717, 1.165) is 9.88 Å². The Hall–Kier alpha value is -3.49. The fraction of sp³-hybridized carbons (Fsp3) is 0.0870. The lowest BCUT2D eigenvalue weighted by Gasteiger charge is -2.11. The van der Waals surface area contributed by atoms with E-state index in [2.05, 4.69) is 15.6 Å². The van der Waals surface area contributed by atoms with Gasteiger partial charge in [0.15, 0.2) is 0 Å². The molecule has 0 fully saturated rings. The summed E-state index contributed by atoms with van der Waals surface area (Å²) in [6.07, 6.45) is 0. The molecule has 0 aliphatic heterocycles. The minimum absolute atomic E-state index is 0.292. The molecule has 0 atom stereocenters. The third-order valence-corrected chi connectivity index (χ3v) is 6.68. The molecular weight excluding hydrogens is 430 g/mol. The zero-order chi connectivity index (χ0) is 21.8. The summed E-state index contributed by atoms with van der Waals surface area (Å²) in [5, 5.41) is 8.49. The quantitative estimate of drug-likeness (QED) is 0.396. The highest BCUT2D eigenvalue weighted by Crippen LogP contribution is 2.31. The predicted octanol–water partition coefficient (Wildman–Crippen LogP) is 5.69. The highest BCUT2D eigenvalue weighted by atomic mass is 32.1. The van der Waals surface area contributed by atoms with E-state index in [4.69, 9.17) is 4.74 Å². The highest BCUT2D eigenvalue weighted by molar-refractivity contribution is 7.22. The molecule has 0 unspecified atom stereocenters. The maximum absolute atomic E-state index is 12.9. The Morgan fingerprint density at radius 3 is 2.58 bits per heavy atom. The molecule has 0 saturated heterocycles. The zero-order valence-corrected chi connectivity index (χ0v) is 18.5. The number of nitrogens with zero attached hydrogens (tertiary/aromatic N) is 1. The van der Waals surface area contributed by atoms with Crippen molar-refractivity contribution in [3.63, 3.8) is 0 Å². The van der Waals surface area contributed by atoms with E-state index in [1.165, 1.54) is 11.3 Å². The molecule has 4 aromatic rings. The molecule has 2 heterocycles. The summed E-state index contributed by atoms with van der Waals surface area (Å²) < 4.78 is 5.20. The summed E-state index contributed by atoms with van der Waals surface area (Å²) in [4.78, 5) is 31.9. The Labute approximate surface area is 187 Å². The molecule has 2 N–H and O–H groups in total. The van der Waals surface area contributed by atoms with E-state index in [9.17, 15) is 9.59 Å². The van der Waals surface area contributed by atoms with Crippen molar-refractivity contribution in [3.05, 3.63) is 82.2 Å². The number of hydrogen-bond donors (Lipinski definition) is 2. The number of thiophene rings is 1. The molecule has 31 heavy (non-hydrogen) atoms. The normalized spacial score (nSPS) is 10.5. The van der Waals surface area contributed by atoms with Crippen LogP contribution in [0.4, 0.5) is 11.4 Å². The molecule has 4 rings (SSSR count). The average Bonchev–Trinajstić information content (AvgIpc) is 3.44. The largest absolute Gasteiger partial charge is 0.497 e. The maximum atomic E-state index is 12.9. The first-order chi connectivity index (χ1) is 15.0. The van der Waals surface area contributed by atoms with Crippen molar-refractivity contribution in [2.75, 3.05) is 17.7 Å². The third-order valence-electron chi connectivity index (χ3n) is 4.48. The van der Waals surface area contributed by atoms with Gasteiger partial charge in [-0.3, -0.25) is 9.59 Å². The van der Waals surface area contributed by atoms with Crippen LogP contribution in [-0.4, -0.2) is 23.9 Å². The number of ether oxygens (including phenoxy) is 1. The van der Waals surface area contributed by atoms with Crippen molar-refractivity contribution in [1.82, 2.24) is 4.98 Å². The van der Waals surface area contributed by atoms with Crippen molar-refractivity contribution >= 4 is 45.9 Å². The van der Waals surface area contributed by atoms with Gasteiger partial charge in [-0.25, -0.2) is 4.98 Å². The molecule has 2 aromatic heterocycles. The number of thiazole rings is 1. The van der Waals surface area contributed by atoms with Gasteiger partial charge in [0.2, 0.25) is 0 Å². The second kappa shape index (κ2) is 9.11. The van der Waals surface area contributed by atoms with E-state index in [1.54, 1.807) is 67.0 Å². The molecule has 2 aromatic carbocycles. The van der Waals surface area contributed by atoms with Gasteiger partial charge in [-0.2, -0.15) is 0 Å². The van der Waals surface area contributed by atoms with Crippen molar-refractivity contribution in [1.29, 1.82) is 0 Å². The van der Waals surface area contributed by atoms with Crippen LogP contribution in [0.25, 0.3) is 9.88 Å². The van der Waals surface area contributed by atoms with Crippen molar-refractivity contribution in [3.8, 4) is 15.6 Å². The second-order valence-electron chi connectivity index (χ2n) is 6.60. The lowest BCUT2D eigenvalue weighted by molar-refractivity contribution is 0.102. The number of anilines is 2. The van der Waals surface area contributed by atoms with E-state index >= 15 is 0 Å². The fourth-order valence-corrected chi connectivity index (χ4v) is 4.74. The van der Waals surface area contributed by atoms with Gasteiger partial charge >= 0.3 is 0 Å². The van der Waals surface area contributed by atoms with Gasteiger partial charge < -0.3 is 15.4 Å². The van der Waals surface area contributed by atoms with Crippen LogP contribution in [0.2, 0.25) is 0 Å². The summed E-state index contributed by atoms with van der Waals surface area (Å²) in [7, 11) is 1.57. The van der Waals surface area contributed by atoms with Gasteiger partial charge in [0.05, 0.1) is 28.9 Å². The van der Waals surface area contributed by atoms with E-state index in [0.29, 0.717) is 33.3 Å². The van der Waals surface area contributed by atoms with Gasteiger partial charge in [-0.05, 0) is 42.6 Å². The standard InChI is InChI=1S/C23H19N3O3S2/c1-14-20(31-23(24-14)19-11-6-12-30-19)22(28)26-18-10-4-3-9-17(18)21(27)25-15-7-5-8-16(13-15)29-2/h3-13H,1-2H3,(H,25,27)(H,26,28). The van der Waals surface area contributed by atoms with Gasteiger partial charge in [0, 0.05) is 11.8 Å². The molecule has 2 amide bonds. The van der Waals surface area contributed by atoms with Crippen LogP contribution >= 0.6 is 22.7 Å². The van der Waals surface area contributed by atoms with Gasteiger partial charge in [-0.15, -0.1) is 22.7 Å².